The van der Waals surface area contributed by atoms with Crippen molar-refractivity contribution in [1.29, 1.82) is 0 Å². The van der Waals surface area contributed by atoms with Crippen LogP contribution in [0, 0.1) is 6.92 Å². The van der Waals surface area contributed by atoms with Crippen LogP contribution in [0.1, 0.15) is 16.1 Å². The number of aryl methyl sites for hydroxylation is 1. The van der Waals surface area contributed by atoms with E-state index in [1.165, 1.54) is 0 Å². The van der Waals surface area contributed by atoms with Crippen LogP contribution in [0.3, 0.4) is 0 Å². The molecular weight excluding hydrogens is 222 g/mol. The highest BCUT2D eigenvalue weighted by Gasteiger charge is 2.09. The minimum absolute atomic E-state index is 0.211. The molecule has 0 spiro atoms. The number of rotatable bonds is 2. The molecular formula is C11H11N3OS. The number of aromatic amines is 1. The minimum atomic E-state index is -0.211. The Morgan fingerprint density at radius 1 is 1.44 bits per heavy atom. The van der Waals surface area contributed by atoms with Crippen molar-refractivity contribution in [3.63, 3.8) is 0 Å². The summed E-state index contributed by atoms with van der Waals surface area (Å²) in [5.74, 6) is 0.302. The summed E-state index contributed by atoms with van der Waals surface area (Å²) in [7, 11) is 0. The second-order valence-corrected chi connectivity index (χ2v) is 3.89. The molecule has 0 atom stereocenters. The summed E-state index contributed by atoms with van der Waals surface area (Å²) in [5.41, 5.74) is 1.43. The summed E-state index contributed by atoms with van der Waals surface area (Å²) in [6.45, 7) is 1.87. The third kappa shape index (κ3) is 2.25. The second kappa shape index (κ2) is 4.40. The molecule has 4 nitrogen and oxygen atoms in total. The van der Waals surface area contributed by atoms with E-state index < -0.39 is 0 Å². The van der Waals surface area contributed by atoms with Gasteiger partial charge in [0.2, 0.25) is 0 Å². The molecule has 0 saturated carbocycles. The van der Waals surface area contributed by atoms with Gasteiger partial charge in [0.25, 0.3) is 5.91 Å². The molecule has 0 saturated heterocycles. The molecule has 1 amide bonds. The molecule has 82 valence electrons. The number of thiol groups is 1. The lowest BCUT2D eigenvalue weighted by atomic mass is 10.2. The third-order valence-electron chi connectivity index (χ3n) is 2.10. The predicted octanol–water partition coefficient (Wildman–Crippen LogP) is 2.26. The van der Waals surface area contributed by atoms with Gasteiger partial charge in [-0.05, 0) is 19.1 Å². The van der Waals surface area contributed by atoms with Gasteiger partial charge in [-0.25, -0.2) is 0 Å². The first-order valence-corrected chi connectivity index (χ1v) is 5.23. The topological polar surface area (TPSA) is 57.8 Å². The molecule has 1 aromatic carbocycles. The van der Waals surface area contributed by atoms with Crippen molar-refractivity contribution in [3.05, 3.63) is 41.6 Å². The Kier molecular flexibility index (Phi) is 2.96. The highest BCUT2D eigenvalue weighted by Crippen LogP contribution is 2.14. The minimum Gasteiger partial charge on any atom is -0.305 e. The van der Waals surface area contributed by atoms with Gasteiger partial charge in [-0.1, -0.05) is 12.1 Å². The van der Waals surface area contributed by atoms with Gasteiger partial charge in [-0.15, -0.1) is 12.6 Å². The van der Waals surface area contributed by atoms with Gasteiger partial charge in [0.05, 0.1) is 5.56 Å². The van der Waals surface area contributed by atoms with Gasteiger partial charge in [-0.3, -0.25) is 9.89 Å². The number of nitrogens with zero attached hydrogens (tertiary/aromatic N) is 1. The lowest BCUT2D eigenvalue weighted by Crippen LogP contribution is -2.12. The fourth-order valence-corrected chi connectivity index (χ4v) is 1.59. The number of hydrogen-bond acceptors (Lipinski definition) is 3. The van der Waals surface area contributed by atoms with Crippen LogP contribution in [0.4, 0.5) is 5.82 Å². The number of aromatic nitrogens is 2. The number of H-pyrrole nitrogens is 1. The van der Waals surface area contributed by atoms with Crippen LogP contribution >= 0.6 is 12.6 Å². The Hall–Kier alpha value is -1.75. The Bertz CT molecular complexity index is 521. The van der Waals surface area contributed by atoms with Crippen molar-refractivity contribution >= 4 is 24.4 Å². The Labute approximate surface area is 98.5 Å². The average Bonchev–Trinajstić information content (AvgIpc) is 2.64. The van der Waals surface area contributed by atoms with Crippen LogP contribution in [-0.4, -0.2) is 16.1 Å². The van der Waals surface area contributed by atoms with Crippen LogP contribution in [0.2, 0.25) is 0 Å². The maximum atomic E-state index is 11.8. The number of anilines is 1. The molecule has 2 N–H and O–H groups in total. The van der Waals surface area contributed by atoms with E-state index >= 15 is 0 Å². The van der Waals surface area contributed by atoms with Crippen molar-refractivity contribution in [2.24, 2.45) is 0 Å². The molecule has 1 heterocycles. The molecule has 0 unspecified atom stereocenters. The molecule has 0 radical (unpaired) electrons. The molecule has 0 fully saturated rings. The number of amides is 1. The van der Waals surface area contributed by atoms with Gasteiger partial charge in [0.15, 0.2) is 5.82 Å². The summed E-state index contributed by atoms with van der Waals surface area (Å²) in [6.07, 6.45) is 0. The van der Waals surface area contributed by atoms with Crippen molar-refractivity contribution < 1.29 is 4.79 Å². The summed E-state index contributed by atoms with van der Waals surface area (Å²) < 4.78 is 0. The Balaban J connectivity index is 2.18. The molecule has 2 rings (SSSR count). The second-order valence-electron chi connectivity index (χ2n) is 3.41. The summed E-state index contributed by atoms with van der Waals surface area (Å²) in [6, 6.07) is 8.88. The number of carbonyl (C=O) groups excluding carboxylic acids is 1. The van der Waals surface area contributed by atoms with Crippen molar-refractivity contribution in [3.8, 4) is 0 Å². The van der Waals surface area contributed by atoms with Gasteiger partial charge in [0, 0.05) is 16.7 Å². The van der Waals surface area contributed by atoms with E-state index in [1.807, 2.05) is 13.0 Å². The SMILES string of the molecule is Cc1cc(NC(=O)c2ccccc2S)n[nH]1. The fourth-order valence-electron chi connectivity index (χ4n) is 1.33. The van der Waals surface area contributed by atoms with E-state index in [-0.39, 0.29) is 5.91 Å². The average molecular weight is 233 g/mol. The normalized spacial score (nSPS) is 10.1. The van der Waals surface area contributed by atoms with Gasteiger partial charge in [-0.2, -0.15) is 5.10 Å². The molecule has 0 aliphatic heterocycles. The predicted molar refractivity (Wildman–Crippen MR) is 65.0 cm³/mol. The highest BCUT2D eigenvalue weighted by molar-refractivity contribution is 7.80. The standard InChI is InChI=1S/C11H11N3OS/c1-7-6-10(14-13-7)12-11(15)8-4-2-3-5-9(8)16/h2-6,16H,1H3,(H2,12,13,14,15). The largest absolute Gasteiger partial charge is 0.305 e. The molecule has 0 bridgehead atoms. The van der Waals surface area contributed by atoms with Gasteiger partial charge < -0.3 is 5.32 Å². The van der Waals surface area contributed by atoms with Crippen molar-refractivity contribution in [2.75, 3.05) is 5.32 Å². The van der Waals surface area contributed by atoms with Crippen molar-refractivity contribution in [2.45, 2.75) is 11.8 Å². The summed E-state index contributed by atoms with van der Waals surface area (Å²) >= 11 is 4.22. The summed E-state index contributed by atoms with van der Waals surface area (Å²) in [4.78, 5) is 12.5. The van der Waals surface area contributed by atoms with Gasteiger partial charge in [0.1, 0.15) is 0 Å². The van der Waals surface area contributed by atoms with E-state index in [1.54, 1.807) is 24.3 Å². The van der Waals surface area contributed by atoms with Crippen LogP contribution in [0.15, 0.2) is 35.2 Å². The first kappa shape index (κ1) is 10.8. The molecule has 16 heavy (non-hydrogen) atoms. The fraction of sp³-hybridized carbons (Fsp3) is 0.0909. The molecule has 1 aromatic heterocycles. The maximum absolute atomic E-state index is 11.8. The first-order chi connectivity index (χ1) is 7.66. The summed E-state index contributed by atoms with van der Waals surface area (Å²) in [5, 5.41) is 9.37. The Morgan fingerprint density at radius 3 is 2.81 bits per heavy atom. The number of nitrogens with one attached hydrogen (secondary N) is 2. The monoisotopic (exact) mass is 233 g/mol. The van der Waals surface area contributed by atoms with E-state index in [2.05, 4.69) is 28.1 Å². The molecule has 0 aliphatic carbocycles. The maximum Gasteiger partial charge on any atom is 0.257 e. The zero-order valence-corrected chi connectivity index (χ0v) is 9.58. The molecule has 2 aromatic rings. The third-order valence-corrected chi connectivity index (χ3v) is 2.49. The molecule has 0 aliphatic rings. The van der Waals surface area contributed by atoms with Crippen LogP contribution in [0.25, 0.3) is 0 Å². The first-order valence-electron chi connectivity index (χ1n) is 4.78. The highest BCUT2D eigenvalue weighted by atomic mass is 32.1. The number of benzene rings is 1. The lowest BCUT2D eigenvalue weighted by Gasteiger charge is -2.03. The van der Waals surface area contributed by atoms with Gasteiger partial charge >= 0.3 is 0 Å². The molecule has 5 heteroatoms. The smallest absolute Gasteiger partial charge is 0.257 e. The lowest BCUT2D eigenvalue weighted by molar-refractivity contribution is 0.102. The van der Waals surface area contributed by atoms with E-state index in [9.17, 15) is 4.79 Å². The zero-order valence-electron chi connectivity index (χ0n) is 8.69. The Morgan fingerprint density at radius 2 is 2.19 bits per heavy atom. The number of carbonyl (C=O) groups is 1. The van der Waals surface area contributed by atoms with Crippen molar-refractivity contribution in [1.82, 2.24) is 10.2 Å². The van der Waals surface area contributed by atoms with Crippen LogP contribution < -0.4 is 5.32 Å². The van der Waals surface area contributed by atoms with E-state index in [4.69, 9.17) is 0 Å². The zero-order chi connectivity index (χ0) is 11.5. The van der Waals surface area contributed by atoms with E-state index in [0.717, 1.165) is 5.69 Å². The quantitative estimate of drug-likeness (QED) is 0.697. The van der Waals surface area contributed by atoms with Crippen LogP contribution in [-0.2, 0) is 0 Å². The number of hydrogen-bond donors (Lipinski definition) is 3. The van der Waals surface area contributed by atoms with Crippen LogP contribution in [0.5, 0.6) is 0 Å². The van der Waals surface area contributed by atoms with E-state index in [0.29, 0.717) is 16.3 Å².